The zero-order valence-electron chi connectivity index (χ0n) is 15.4. The Balaban J connectivity index is 1.48. The van der Waals surface area contributed by atoms with Crippen molar-refractivity contribution in [2.75, 3.05) is 31.1 Å². The molecule has 0 N–H and O–H groups in total. The van der Waals surface area contributed by atoms with Crippen LogP contribution in [0.4, 0.5) is 5.69 Å². The van der Waals surface area contributed by atoms with E-state index in [0.717, 1.165) is 17.9 Å². The Morgan fingerprint density at radius 2 is 1.92 bits per heavy atom. The van der Waals surface area contributed by atoms with Gasteiger partial charge in [-0.05, 0) is 85.6 Å². The quantitative estimate of drug-likeness (QED) is 0.821. The molecule has 24 heavy (non-hydrogen) atoms. The van der Waals surface area contributed by atoms with Crippen molar-refractivity contribution in [3.63, 3.8) is 0 Å². The molecule has 1 unspecified atom stereocenters. The first-order chi connectivity index (χ1) is 11.6. The molecule has 1 aromatic carbocycles. The minimum Gasteiger partial charge on any atom is -0.372 e. The van der Waals surface area contributed by atoms with Gasteiger partial charge in [-0.15, -0.1) is 0 Å². The number of benzene rings is 1. The molecule has 2 aliphatic heterocycles. The van der Waals surface area contributed by atoms with Gasteiger partial charge in [0.25, 0.3) is 0 Å². The van der Waals surface area contributed by atoms with Crippen LogP contribution >= 0.6 is 0 Å². The molecule has 1 saturated carbocycles. The summed E-state index contributed by atoms with van der Waals surface area (Å²) in [5.74, 6) is 1.80. The van der Waals surface area contributed by atoms with E-state index in [9.17, 15) is 0 Å². The largest absolute Gasteiger partial charge is 0.372 e. The zero-order chi connectivity index (χ0) is 16.3. The fourth-order valence-electron chi connectivity index (χ4n) is 5.73. The maximum absolute atomic E-state index is 2.85. The summed E-state index contributed by atoms with van der Waals surface area (Å²) < 4.78 is 0. The number of hydrogen-bond acceptors (Lipinski definition) is 2. The summed E-state index contributed by atoms with van der Waals surface area (Å²) in [5, 5.41) is 0. The number of fused-ring (bicyclic) bond motifs is 4. The van der Waals surface area contributed by atoms with Gasteiger partial charge in [-0.25, -0.2) is 0 Å². The first kappa shape index (κ1) is 15.3. The van der Waals surface area contributed by atoms with Crippen LogP contribution in [0.15, 0.2) is 18.2 Å². The minimum atomic E-state index is 0.383. The highest BCUT2D eigenvalue weighted by Gasteiger charge is 2.49. The van der Waals surface area contributed by atoms with Crippen molar-refractivity contribution in [1.82, 2.24) is 4.90 Å². The molecule has 2 heterocycles. The molecule has 2 aliphatic carbocycles. The second-order valence-electron chi connectivity index (χ2n) is 9.20. The van der Waals surface area contributed by atoms with Crippen LogP contribution in [0.3, 0.4) is 0 Å². The highest BCUT2D eigenvalue weighted by Crippen LogP contribution is 2.50. The van der Waals surface area contributed by atoms with Crippen LogP contribution in [-0.2, 0) is 11.8 Å². The first-order valence-electron chi connectivity index (χ1n) is 10.3. The van der Waals surface area contributed by atoms with Crippen LogP contribution in [0.25, 0.3) is 0 Å². The van der Waals surface area contributed by atoms with Crippen molar-refractivity contribution in [3.8, 4) is 0 Å². The van der Waals surface area contributed by atoms with Crippen LogP contribution in [0.2, 0.25) is 0 Å². The maximum atomic E-state index is 2.85. The normalized spacial score (nSPS) is 36.0. The number of likely N-dealkylation sites (tertiary alicyclic amines) is 1. The van der Waals surface area contributed by atoms with Crippen LogP contribution in [0.1, 0.15) is 57.1 Å². The Morgan fingerprint density at radius 1 is 1.12 bits per heavy atom. The van der Waals surface area contributed by atoms with Crippen LogP contribution < -0.4 is 4.90 Å². The predicted octanol–water partition coefficient (Wildman–Crippen LogP) is 4.22. The second-order valence-corrected chi connectivity index (χ2v) is 9.20. The molecule has 3 fully saturated rings. The fourth-order valence-corrected chi connectivity index (χ4v) is 5.73. The number of nitrogens with zero attached hydrogens (tertiary/aromatic N) is 2. The Morgan fingerprint density at radius 3 is 2.67 bits per heavy atom. The number of piperidine rings is 1. The SMILES string of the molecule is C[C@H]1C2Cc3ccc(N4CCCC4)cc3[C@@]1(C)CCN2CC1CC1. The van der Waals surface area contributed by atoms with Crippen molar-refractivity contribution in [2.45, 2.75) is 63.8 Å². The minimum absolute atomic E-state index is 0.383. The molecule has 130 valence electrons. The molecule has 5 rings (SSSR count). The number of rotatable bonds is 3. The van der Waals surface area contributed by atoms with E-state index in [1.807, 2.05) is 0 Å². The van der Waals surface area contributed by atoms with Gasteiger partial charge < -0.3 is 4.90 Å². The lowest BCUT2D eigenvalue weighted by Gasteiger charge is -2.55. The molecule has 2 heteroatoms. The third-order valence-corrected chi connectivity index (χ3v) is 7.77. The van der Waals surface area contributed by atoms with E-state index in [4.69, 9.17) is 0 Å². The van der Waals surface area contributed by atoms with Gasteiger partial charge in [-0.2, -0.15) is 0 Å². The van der Waals surface area contributed by atoms with Gasteiger partial charge in [0.15, 0.2) is 0 Å². The number of hydrogen-bond donors (Lipinski definition) is 0. The van der Waals surface area contributed by atoms with E-state index in [1.54, 1.807) is 11.1 Å². The smallest absolute Gasteiger partial charge is 0.0369 e. The standard InChI is InChI=1S/C22H32N2/c1-16-21-13-18-7-8-19(23-10-3-4-11-23)14-20(18)22(16,2)9-12-24(21)15-17-5-6-17/h7-8,14,16-17,21H,3-6,9-13,15H2,1-2H3/t16-,21?,22-/m0/s1. The topological polar surface area (TPSA) is 6.48 Å². The van der Waals surface area contributed by atoms with Crippen molar-refractivity contribution in [1.29, 1.82) is 0 Å². The highest BCUT2D eigenvalue weighted by molar-refractivity contribution is 5.55. The summed E-state index contributed by atoms with van der Waals surface area (Å²) in [4.78, 5) is 5.45. The predicted molar refractivity (Wildman–Crippen MR) is 101 cm³/mol. The van der Waals surface area contributed by atoms with Gasteiger partial charge >= 0.3 is 0 Å². The molecule has 0 radical (unpaired) electrons. The van der Waals surface area contributed by atoms with Gasteiger partial charge in [0.1, 0.15) is 0 Å². The van der Waals surface area contributed by atoms with Crippen molar-refractivity contribution in [2.24, 2.45) is 11.8 Å². The van der Waals surface area contributed by atoms with E-state index < -0.39 is 0 Å². The second kappa shape index (κ2) is 5.49. The fraction of sp³-hybridized carbons (Fsp3) is 0.727. The first-order valence-corrected chi connectivity index (χ1v) is 10.3. The molecule has 1 aromatic rings. The van der Waals surface area contributed by atoms with Gasteiger partial charge in [-0.3, -0.25) is 4.90 Å². The molecule has 2 bridgehead atoms. The molecule has 2 nitrogen and oxygen atoms in total. The lowest BCUT2D eigenvalue weighted by atomic mass is 9.59. The molecule has 2 saturated heterocycles. The zero-order valence-corrected chi connectivity index (χ0v) is 15.4. The maximum Gasteiger partial charge on any atom is 0.0369 e. The van der Waals surface area contributed by atoms with Gasteiger partial charge in [0, 0.05) is 31.4 Å². The lowest BCUT2D eigenvalue weighted by Crippen LogP contribution is -2.58. The molecule has 3 atom stereocenters. The molecule has 0 amide bonds. The summed E-state index contributed by atoms with van der Waals surface area (Å²) >= 11 is 0. The van der Waals surface area contributed by atoms with Crippen LogP contribution in [-0.4, -0.2) is 37.1 Å². The summed E-state index contributed by atoms with van der Waals surface area (Å²) in [6.45, 7) is 10.3. The highest BCUT2D eigenvalue weighted by atomic mass is 15.2. The van der Waals surface area contributed by atoms with Gasteiger partial charge in [-0.1, -0.05) is 19.9 Å². The van der Waals surface area contributed by atoms with Gasteiger partial charge in [0.2, 0.25) is 0 Å². The monoisotopic (exact) mass is 324 g/mol. The summed E-state index contributed by atoms with van der Waals surface area (Å²) in [7, 11) is 0. The summed E-state index contributed by atoms with van der Waals surface area (Å²) in [6, 6.07) is 8.23. The van der Waals surface area contributed by atoms with Gasteiger partial charge in [0.05, 0.1) is 0 Å². The van der Waals surface area contributed by atoms with Crippen molar-refractivity contribution < 1.29 is 0 Å². The Labute approximate surface area is 147 Å². The Bertz CT molecular complexity index is 629. The van der Waals surface area contributed by atoms with Crippen molar-refractivity contribution in [3.05, 3.63) is 29.3 Å². The third kappa shape index (κ3) is 2.33. The Kier molecular flexibility index (Phi) is 3.49. The molecular formula is C22H32N2. The lowest BCUT2D eigenvalue weighted by molar-refractivity contribution is 0.0284. The van der Waals surface area contributed by atoms with E-state index >= 15 is 0 Å². The Hall–Kier alpha value is -1.02. The van der Waals surface area contributed by atoms with E-state index in [0.29, 0.717) is 5.41 Å². The van der Waals surface area contributed by atoms with E-state index in [1.165, 1.54) is 70.4 Å². The molecule has 0 spiro atoms. The van der Waals surface area contributed by atoms with Crippen molar-refractivity contribution >= 4 is 5.69 Å². The van der Waals surface area contributed by atoms with Crippen LogP contribution in [0, 0.1) is 11.8 Å². The molecule has 0 aromatic heterocycles. The van der Waals surface area contributed by atoms with E-state index in [2.05, 4.69) is 41.8 Å². The summed E-state index contributed by atoms with van der Waals surface area (Å²) in [5.41, 5.74) is 5.19. The number of anilines is 1. The van der Waals surface area contributed by atoms with E-state index in [-0.39, 0.29) is 0 Å². The average molecular weight is 325 g/mol. The molecular weight excluding hydrogens is 292 g/mol. The third-order valence-electron chi connectivity index (χ3n) is 7.77. The molecule has 4 aliphatic rings. The van der Waals surface area contributed by atoms with Crippen LogP contribution in [0.5, 0.6) is 0 Å². The average Bonchev–Trinajstić information content (AvgIpc) is 3.23. The summed E-state index contributed by atoms with van der Waals surface area (Å²) in [6.07, 6.45) is 8.30.